The van der Waals surface area contributed by atoms with Crippen molar-refractivity contribution in [3.05, 3.63) is 0 Å². The molecule has 0 spiro atoms. The first-order valence-electron chi connectivity index (χ1n) is 10.9. The van der Waals surface area contributed by atoms with E-state index in [0.717, 1.165) is 64.6 Å². The van der Waals surface area contributed by atoms with Crippen LogP contribution in [-0.2, 0) is 14.2 Å². The Hall–Kier alpha value is -1.54. The number of guanidine groups is 1. The van der Waals surface area contributed by atoms with Gasteiger partial charge in [0.05, 0.1) is 25.9 Å². The normalized spacial score (nSPS) is 20.2. The van der Waals surface area contributed by atoms with Gasteiger partial charge < -0.3 is 29.7 Å². The molecule has 0 radical (unpaired) electrons. The van der Waals surface area contributed by atoms with E-state index in [1.165, 1.54) is 0 Å². The highest BCUT2D eigenvalue weighted by Gasteiger charge is 2.33. The summed E-state index contributed by atoms with van der Waals surface area (Å²) in [5, 5.41) is 6.18. The number of piperidine rings is 1. The summed E-state index contributed by atoms with van der Waals surface area (Å²) >= 11 is 0. The Morgan fingerprint density at radius 1 is 1.24 bits per heavy atom. The standard InChI is InChI=1S/C21H40N4O4/c1-6-22-18(24-14-21(5)15-27-16-21)25-11-8-17(9-12-25)28-13-7-10-23-19(26)29-20(2,3)4/h17H,6-16H2,1-5H3,(H,22,24)(H,23,26). The largest absolute Gasteiger partial charge is 0.444 e. The lowest BCUT2D eigenvalue weighted by molar-refractivity contribution is -0.0946. The number of rotatable bonds is 8. The molecule has 8 heteroatoms. The first-order valence-corrected chi connectivity index (χ1v) is 10.9. The summed E-state index contributed by atoms with van der Waals surface area (Å²) in [7, 11) is 0. The van der Waals surface area contributed by atoms with Crippen LogP contribution in [0.5, 0.6) is 0 Å². The fraction of sp³-hybridized carbons (Fsp3) is 0.905. The fourth-order valence-electron chi connectivity index (χ4n) is 3.29. The molecule has 1 amide bonds. The van der Waals surface area contributed by atoms with Crippen LogP contribution in [0.2, 0.25) is 0 Å². The number of nitrogens with zero attached hydrogens (tertiary/aromatic N) is 2. The van der Waals surface area contributed by atoms with E-state index >= 15 is 0 Å². The number of aliphatic imine (C=N–C) groups is 1. The summed E-state index contributed by atoms with van der Waals surface area (Å²) in [5.41, 5.74) is -0.276. The smallest absolute Gasteiger partial charge is 0.407 e. The van der Waals surface area contributed by atoms with E-state index in [1.807, 2.05) is 20.8 Å². The summed E-state index contributed by atoms with van der Waals surface area (Å²) in [6.07, 6.45) is 2.66. The maximum absolute atomic E-state index is 11.6. The minimum absolute atomic E-state index is 0.190. The van der Waals surface area contributed by atoms with Crippen molar-refractivity contribution in [3.8, 4) is 0 Å². The fourth-order valence-corrected chi connectivity index (χ4v) is 3.29. The summed E-state index contributed by atoms with van der Waals surface area (Å²) in [4.78, 5) is 18.8. The van der Waals surface area contributed by atoms with Gasteiger partial charge in [0.2, 0.25) is 0 Å². The van der Waals surface area contributed by atoms with E-state index in [0.29, 0.717) is 13.2 Å². The van der Waals surface area contributed by atoms with E-state index in [-0.39, 0.29) is 17.6 Å². The van der Waals surface area contributed by atoms with Gasteiger partial charge in [-0.05, 0) is 47.0 Å². The lowest BCUT2D eigenvalue weighted by atomic mass is 9.89. The molecule has 0 unspecified atom stereocenters. The Bertz CT molecular complexity index is 535. The van der Waals surface area contributed by atoms with Gasteiger partial charge >= 0.3 is 6.09 Å². The molecule has 2 rings (SSSR count). The van der Waals surface area contributed by atoms with Crippen molar-refractivity contribution in [2.45, 2.75) is 65.6 Å². The van der Waals surface area contributed by atoms with Crippen LogP contribution in [0.1, 0.15) is 53.9 Å². The molecule has 2 aliphatic heterocycles. The highest BCUT2D eigenvalue weighted by Crippen LogP contribution is 2.26. The third-order valence-corrected chi connectivity index (χ3v) is 4.93. The second kappa shape index (κ2) is 11.0. The van der Waals surface area contributed by atoms with Crippen molar-refractivity contribution in [3.63, 3.8) is 0 Å². The highest BCUT2D eigenvalue weighted by atomic mass is 16.6. The van der Waals surface area contributed by atoms with E-state index in [2.05, 4.69) is 29.4 Å². The molecule has 0 saturated carbocycles. The number of ether oxygens (including phenoxy) is 3. The van der Waals surface area contributed by atoms with Gasteiger partial charge in [-0.2, -0.15) is 0 Å². The lowest BCUT2D eigenvalue weighted by Gasteiger charge is -2.38. The van der Waals surface area contributed by atoms with Gasteiger partial charge in [-0.15, -0.1) is 0 Å². The molecular weight excluding hydrogens is 372 g/mol. The van der Waals surface area contributed by atoms with Crippen LogP contribution in [0, 0.1) is 5.41 Å². The quantitative estimate of drug-likeness (QED) is 0.362. The van der Waals surface area contributed by atoms with Gasteiger partial charge in [0.15, 0.2) is 5.96 Å². The zero-order valence-corrected chi connectivity index (χ0v) is 18.9. The number of hydrogen-bond acceptors (Lipinski definition) is 5. The summed E-state index contributed by atoms with van der Waals surface area (Å²) in [5.74, 6) is 1.00. The molecule has 8 nitrogen and oxygen atoms in total. The van der Waals surface area contributed by atoms with Crippen LogP contribution in [0.25, 0.3) is 0 Å². The van der Waals surface area contributed by atoms with E-state index in [1.54, 1.807) is 0 Å². The van der Waals surface area contributed by atoms with Gasteiger partial charge in [0, 0.05) is 38.2 Å². The number of hydrogen-bond donors (Lipinski definition) is 2. The first kappa shape index (κ1) is 23.7. The van der Waals surface area contributed by atoms with E-state index in [9.17, 15) is 4.79 Å². The number of amides is 1. The third kappa shape index (κ3) is 8.78. The van der Waals surface area contributed by atoms with Crippen LogP contribution in [0.15, 0.2) is 4.99 Å². The average Bonchev–Trinajstić information content (AvgIpc) is 2.62. The monoisotopic (exact) mass is 412 g/mol. The van der Waals surface area contributed by atoms with Crippen molar-refractivity contribution in [2.75, 3.05) is 52.5 Å². The molecule has 2 aliphatic rings. The van der Waals surface area contributed by atoms with Gasteiger partial charge in [0.25, 0.3) is 0 Å². The van der Waals surface area contributed by atoms with Gasteiger partial charge in [-0.25, -0.2) is 4.79 Å². The molecule has 29 heavy (non-hydrogen) atoms. The Morgan fingerprint density at radius 2 is 1.93 bits per heavy atom. The van der Waals surface area contributed by atoms with E-state index in [4.69, 9.17) is 19.2 Å². The second-order valence-electron chi connectivity index (χ2n) is 9.31. The van der Waals surface area contributed by atoms with Crippen LogP contribution >= 0.6 is 0 Å². The highest BCUT2D eigenvalue weighted by molar-refractivity contribution is 5.80. The minimum atomic E-state index is -0.466. The zero-order valence-electron chi connectivity index (χ0n) is 18.9. The minimum Gasteiger partial charge on any atom is -0.444 e. The number of carbonyl (C=O) groups excluding carboxylic acids is 1. The van der Waals surface area contributed by atoms with Gasteiger partial charge in [0.1, 0.15) is 5.60 Å². The molecule has 2 saturated heterocycles. The second-order valence-corrected chi connectivity index (χ2v) is 9.31. The Balaban J connectivity index is 1.62. The maximum atomic E-state index is 11.6. The number of nitrogens with one attached hydrogen (secondary N) is 2. The SMILES string of the molecule is CCNC(=NCC1(C)COC1)N1CCC(OCCCNC(=O)OC(C)(C)C)CC1. The first-order chi connectivity index (χ1) is 13.7. The van der Waals surface area contributed by atoms with Gasteiger partial charge in [-0.3, -0.25) is 4.99 Å². The molecule has 2 N–H and O–H groups in total. The van der Waals surface area contributed by atoms with Crippen LogP contribution in [0.4, 0.5) is 4.79 Å². The summed E-state index contributed by atoms with van der Waals surface area (Å²) in [6.45, 7) is 16.3. The Morgan fingerprint density at radius 3 is 2.48 bits per heavy atom. The van der Waals surface area contributed by atoms with Crippen molar-refractivity contribution < 1.29 is 19.0 Å². The van der Waals surface area contributed by atoms with Crippen LogP contribution < -0.4 is 10.6 Å². The Labute approximate surface area is 175 Å². The van der Waals surface area contributed by atoms with Crippen molar-refractivity contribution in [2.24, 2.45) is 10.4 Å². The predicted octanol–water partition coefficient (Wildman–Crippen LogP) is 2.38. The number of carbonyl (C=O) groups is 1. The molecule has 168 valence electrons. The zero-order chi connectivity index (χ0) is 21.3. The molecule has 0 aromatic rings. The molecule has 0 aromatic heterocycles. The predicted molar refractivity (Wildman–Crippen MR) is 114 cm³/mol. The van der Waals surface area contributed by atoms with Crippen LogP contribution in [-0.4, -0.2) is 81.2 Å². The van der Waals surface area contributed by atoms with Crippen molar-refractivity contribution in [1.82, 2.24) is 15.5 Å². The molecule has 0 aromatic carbocycles. The molecule has 2 fully saturated rings. The molecular formula is C21H40N4O4. The number of alkyl carbamates (subject to hydrolysis) is 1. The topological polar surface area (TPSA) is 84.4 Å². The van der Waals surface area contributed by atoms with Crippen molar-refractivity contribution >= 4 is 12.1 Å². The van der Waals surface area contributed by atoms with Gasteiger partial charge in [-0.1, -0.05) is 6.92 Å². The molecule has 0 bridgehead atoms. The van der Waals surface area contributed by atoms with Crippen LogP contribution in [0.3, 0.4) is 0 Å². The molecule has 0 aliphatic carbocycles. The summed E-state index contributed by atoms with van der Waals surface area (Å²) < 4.78 is 16.5. The number of likely N-dealkylation sites (tertiary alicyclic amines) is 1. The lowest BCUT2D eigenvalue weighted by Crippen LogP contribution is -2.48. The average molecular weight is 413 g/mol. The maximum Gasteiger partial charge on any atom is 0.407 e. The molecule has 0 atom stereocenters. The Kier molecular flexibility index (Phi) is 9.02. The third-order valence-electron chi connectivity index (χ3n) is 4.93. The van der Waals surface area contributed by atoms with E-state index < -0.39 is 5.60 Å². The summed E-state index contributed by atoms with van der Waals surface area (Å²) in [6, 6.07) is 0. The molecule has 2 heterocycles. The van der Waals surface area contributed by atoms with Crippen molar-refractivity contribution in [1.29, 1.82) is 0 Å².